The van der Waals surface area contributed by atoms with E-state index in [4.69, 9.17) is 0 Å². The van der Waals surface area contributed by atoms with Crippen LogP contribution in [-0.4, -0.2) is 43.0 Å². The van der Waals surface area contributed by atoms with Gasteiger partial charge in [0.15, 0.2) is 0 Å². The van der Waals surface area contributed by atoms with Crippen molar-refractivity contribution >= 4 is 0 Å². The maximum atomic E-state index is 2.67. The van der Waals surface area contributed by atoms with Crippen LogP contribution in [0.25, 0.3) is 0 Å². The summed E-state index contributed by atoms with van der Waals surface area (Å²) in [6.07, 6.45) is 5.65. The SMILES string of the molecule is CC(C)c1cccc(CN2CCC3(CCN(C)CC3)CC2)c1. The molecule has 2 nitrogen and oxygen atoms in total. The molecule has 0 bridgehead atoms. The van der Waals surface area contributed by atoms with Gasteiger partial charge >= 0.3 is 0 Å². The van der Waals surface area contributed by atoms with Crippen LogP contribution >= 0.6 is 0 Å². The monoisotopic (exact) mass is 300 g/mol. The fourth-order valence-corrected chi connectivity index (χ4v) is 4.09. The molecule has 3 rings (SSSR count). The third-order valence-corrected chi connectivity index (χ3v) is 5.99. The number of piperidine rings is 2. The van der Waals surface area contributed by atoms with E-state index in [-0.39, 0.29) is 0 Å². The van der Waals surface area contributed by atoms with Crippen molar-refractivity contribution in [1.29, 1.82) is 0 Å². The number of hydrogen-bond acceptors (Lipinski definition) is 2. The predicted octanol–water partition coefficient (Wildman–Crippen LogP) is 4.12. The van der Waals surface area contributed by atoms with Crippen molar-refractivity contribution in [1.82, 2.24) is 9.80 Å². The van der Waals surface area contributed by atoms with E-state index in [0.29, 0.717) is 11.3 Å². The Labute approximate surface area is 136 Å². The lowest BCUT2D eigenvalue weighted by molar-refractivity contribution is 0.0401. The van der Waals surface area contributed by atoms with Gasteiger partial charge in [-0.2, -0.15) is 0 Å². The van der Waals surface area contributed by atoms with Gasteiger partial charge < -0.3 is 4.90 Å². The van der Waals surface area contributed by atoms with Crippen molar-refractivity contribution in [3.05, 3.63) is 35.4 Å². The van der Waals surface area contributed by atoms with E-state index in [1.807, 2.05) is 0 Å². The van der Waals surface area contributed by atoms with Crippen LogP contribution in [0.3, 0.4) is 0 Å². The van der Waals surface area contributed by atoms with Crippen molar-refractivity contribution < 1.29 is 0 Å². The Morgan fingerprint density at radius 2 is 1.64 bits per heavy atom. The molecule has 0 radical (unpaired) electrons. The Hall–Kier alpha value is -0.860. The van der Waals surface area contributed by atoms with Crippen molar-refractivity contribution in [3.63, 3.8) is 0 Å². The van der Waals surface area contributed by atoms with Gasteiger partial charge in [-0.15, -0.1) is 0 Å². The minimum Gasteiger partial charge on any atom is -0.306 e. The second-order valence-corrected chi connectivity index (χ2v) is 7.98. The first-order valence-electron chi connectivity index (χ1n) is 9.06. The molecule has 1 aromatic rings. The maximum Gasteiger partial charge on any atom is 0.0233 e. The summed E-state index contributed by atoms with van der Waals surface area (Å²) in [6, 6.07) is 9.20. The summed E-state index contributed by atoms with van der Waals surface area (Å²) in [4.78, 5) is 5.16. The first kappa shape index (κ1) is 16.0. The average molecular weight is 300 g/mol. The van der Waals surface area contributed by atoms with E-state index in [2.05, 4.69) is 55.0 Å². The number of hydrogen-bond donors (Lipinski definition) is 0. The molecule has 2 aliphatic heterocycles. The molecule has 122 valence electrons. The van der Waals surface area contributed by atoms with Gasteiger partial charge in [0.05, 0.1) is 0 Å². The van der Waals surface area contributed by atoms with Crippen LogP contribution in [0.5, 0.6) is 0 Å². The van der Waals surface area contributed by atoms with Crippen LogP contribution in [0, 0.1) is 5.41 Å². The molecule has 0 N–H and O–H groups in total. The normalized spacial score (nSPS) is 23.3. The van der Waals surface area contributed by atoms with Gasteiger partial charge in [-0.1, -0.05) is 38.1 Å². The van der Waals surface area contributed by atoms with Gasteiger partial charge in [-0.25, -0.2) is 0 Å². The number of nitrogens with zero attached hydrogens (tertiary/aromatic N) is 2. The molecule has 0 aliphatic carbocycles. The number of rotatable bonds is 3. The zero-order chi connectivity index (χ0) is 15.6. The Morgan fingerprint density at radius 1 is 1.00 bits per heavy atom. The highest BCUT2D eigenvalue weighted by atomic mass is 15.1. The Morgan fingerprint density at radius 3 is 2.27 bits per heavy atom. The minimum absolute atomic E-state index is 0.629. The first-order chi connectivity index (χ1) is 10.6. The third kappa shape index (κ3) is 3.72. The topological polar surface area (TPSA) is 6.48 Å². The lowest BCUT2D eigenvalue weighted by Crippen LogP contribution is -2.45. The highest BCUT2D eigenvalue weighted by Gasteiger charge is 2.36. The summed E-state index contributed by atoms with van der Waals surface area (Å²) >= 11 is 0. The maximum absolute atomic E-state index is 2.67. The highest BCUT2D eigenvalue weighted by molar-refractivity contribution is 5.25. The lowest BCUT2D eigenvalue weighted by atomic mass is 9.71. The van der Waals surface area contributed by atoms with E-state index in [1.54, 1.807) is 0 Å². The smallest absolute Gasteiger partial charge is 0.0233 e. The Kier molecular flexibility index (Phi) is 4.89. The van der Waals surface area contributed by atoms with Crippen molar-refractivity contribution in [2.45, 2.75) is 52.0 Å². The molecule has 2 saturated heterocycles. The second kappa shape index (κ2) is 6.72. The molecular weight excluding hydrogens is 268 g/mol. The Bertz CT molecular complexity index is 476. The van der Waals surface area contributed by atoms with Crippen molar-refractivity contribution in [2.75, 3.05) is 33.2 Å². The molecule has 0 saturated carbocycles. The van der Waals surface area contributed by atoms with E-state index in [1.165, 1.54) is 63.0 Å². The zero-order valence-electron chi connectivity index (χ0n) is 14.6. The van der Waals surface area contributed by atoms with Crippen LogP contribution in [0.1, 0.15) is 56.6 Å². The van der Waals surface area contributed by atoms with Gasteiger partial charge in [-0.05, 0) is 81.4 Å². The molecule has 1 aromatic carbocycles. The fourth-order valence-electron chi connectivity index (χ4n) is 4.09. The summed E-state index contributed by atoms with van der Waals surface area (Å²) < 4.78 is 0. The second-order valence-electron chi connectivity index (χ2n) is 7.98. The molecule has 0 amide bonds. The van der Waals surface area contributed by atoms with E-state index in [9.17, 15) is 0 Å². The summed E-state index contributed by atoms with van der Waals surface area (Å²) in [6.45, 7) is 10.9. The summed E-state index contributed by atoms with van der Waals surface area (Å²) in [5, 5.41) is 0. The zero-order valence-corrected chi connectivity index (χ0v) is 14.6. The van der Waals surface area contributed by atoms with Crippen LogP contribution in [0.4, 0.5) is 0 Å². The van der Waals surface area contributed by atoms with E-state index >= 15 is 0 Å². The van der Waals surface area contributed by atoms with E-state index in [0.717, 1.165) is 6.54 Å². The van der Waals surface area contributed by atoms with Crippen LogP contribution < -0.4 is 0 Å². The van der Waals surface area contributed by atoms with Gasteiger partial charge in [0.25, 0.3) is 0 Å². The third-order valence-electron chi connectivity index (χ3n) is 5.99. The molecular formula is C20H32N2. The van der Waals surface area contributed by atoms with Crippen LogP contribution in [-0.2, 0) is 6.54 Å². The fraction of sp³-hybridized carbons (Fsp3) is 0.700. The molecule has 2 heteroatoms. The first-order valence-corrected chi connectivity index (χ1v) is 9.06. The summed E-state index contributed by atoms with van der Waals surface area (Å²) in [7, 11) is 2.27. The van der Waals surface area contributed by atoms with Gasteiger partial charge in [0.1, 0.15) is 0 Å². The summed E-state index contributed by atoms with van der Waals surface area (Å²) in [5.41, 5.74) is 3.63. The largest absolute Gasteiger partial charge is 0.306 e. The van der Waals surface area contributed by atoms with Crippen molar-refractivity contribution in [3.8, 4) is 0 Å². The van der Waals surface area contributed by atoms with Crippen molar-refractivity contribution in [2.24, 2.45) is 5.41 Å². The standard InChI is InChI=1S/C20H32N2/c1-17(2)19-6-4-5-18(15-19)16-22-13-9-20(10-14-22)7-11-21(3)12-8-20/h4-6,15,17H,7-14,16H2,1-3H3. The molecule has 22 heavy (non-hydrogen) atoms. The minimum atomic E-state index is 0.629. The quantitative estimate of drug-likeness (QED) is 0.828. The predicted molar refractivity (Wildman–Crippen MR) is 94.2 cm³/mol. The molecule has 2 heterocycles. The average Bonchev–Trinajstić information content (AvgIpc) is 2.53. The highest BCUT2D eigenvalue weighted by Crippen LogP contribution is 2.41. The van der Waals surface area contributed by atoms with Crippen LogP contribution in [0.15, 0.2) is 24.3 Å². The lowest BCUT2D eigenvalue weighted by Gasteiger charge is -2.46. The molecule has 2 fully saturated rings. The number of benzene rings is 1. The van der Waals surface area contributed by atoms with Gasteiger partial charge in [-0.3, -0.25) is 4.90 Å². The molecule has 0 unspecified atom stereocenters. The van der Waals surface area contributed by atoms with Gasteiger partial charge in [0.2, 0.25) is 0 Å². The molecule has 0 aromatic heterocycles. The van der Waals surface area contributed by atoms with Gasteiger partial charge in [0, 0.05) is 6.54 Å². The summed E-state index contributed by atoms with van der Waals surface area (Å²) in [5.74, 6) is 0.629. The van der Waals surface area contributed by atoms with Crippen LogP contribution in [0.2, 0.25) is 0 Å². The number of likely N-dealkylation sites (tertiary alicyclic amines) is 2. The molecule has 2 aliphatic rings. The van der Waals surface area contributed by atoms with E-state index < -0.39 is 0 Å². The Balaban J connectivity index is 1.55. The molecule has 1 spiro atoms. The molecule has 0 atom stereocenters.